The van der Waals surface area contributed by atoms with Crippen LogP contribution in [-0.4, -0.2) is 39.1 Å². The van der Waals surface area contributed by atoms with Crippen LogP contribution in [0.4, 0.5) is 0 Å². The molecule has 134 valence electrons. The zero-order valence-electron chi connectivity index (χ0n) is 14.7. The van der Waals surface area contributed by atoms with Gasteiger partial charge in [-0.25, -0.2) is 4.68 Å². The minimum atomic E-state index is 0.727. The highest BCUT2D eigenvalue weighted by Crippen LogP contribution is 2.15. The Morgan fingerprint density at radius 3 is 2.54 bits per heavy atom. The average molecular weight is 383 g/mol. The molecule has 0 fully saturated rings. The van der Waals surface area contributed by atoms with Crippen molar-refractivity contribution in [2.75, 3.05) is 19.3 Å². The Morgan fingerprint density at radius 2 is 1.81 bits per heavy atom. The molecule has 26 heavy (non-hydrogen) atoms. The fourth-order valence-electron chi connectivity index (χ4n) is 2.49. The molecule has 3 aromatic rings. The Hall–Kier alpha value is -2.31. The maximum Gasteiger partial charge on any atom is 0.169 e. The van der Waals surface area contributed by atoms with E-state index in [1.807, 2.05) is 77.2 Å². The van der Waals surface area contributed by atoms with E-state index in [4.69, 9.17) is 12.2 Å². The number of nitrogens with zero attached hydrogens (tertiary/aromatic N) is 3. The van der Waals surface area contributed by atoms with Gasteiger partial charge in [0.25, 0.3) is 0 Å². The van der Waals surface area contributed by atoms with Crippen molar-refractivity contribution in [3.8, 4) is 5.69 Å². The van der Waals surface area contributed by atoms with Crippen LogP contribution < -0.4 is 5.32 Å². The first-order valence-corrected chi connectivity index (χ1v) is 9.87. The summed E-state index contributed by atoms with van der Waals surface area (Å²) in [6.45, 7) is 1.57. The number of nitrogens with one attached hydrogen (secondary N) is 1. The number of aromatic nitrogens is 2. The van der Waals surface area contributed by atoms with Crippen LogP contribution in [0.5, 0.6) is 0 Å². The highest BCUT2D eigenvalue weighted by atomic mass is 32.2. The number of benzene rings is 2. The number of rotatable bonds is 7. The molecule has 0 aliphatic rings. The normalized spacial score (nSPS) is 10.5. The summed E-state index contributed by atoms with van der Waals surface area (Å²) in [7, 11) is 2.00. The van der Waals surface area contributed by atoms with Gasteiger partial charge < -0.3 is 10.2 Å². The lowest BCUT2D eigenvalue weighted by molar-refractivity contribution is 0.491. The van der Waals surface area contributed by atoms with E-state index in [0.29, 0.717) is 0 Å². The van der Waals surface area contributed by atoms with E-state index in [1.54, 1.807) is 0 Å². The van der Waals surface area contributed by atoms with Crippen LogP contribution in [0.15, 0.2) is 78.0 Å². The first-order valence-electron chi connectivity index (χ1n) is 8.48. The Labute approximate surface area is 164 Å². The van der Waals surface area contributed by atoms with E-state index in [9.17, 15) is 0 Å². The van der Waals surface area contributed by atoms with E-state index in [1.165, 1.54) is 4.90 Å². The lowest BCUT2D eigenvalue weighted by atomic mass is 10.3. The fourth-order valence-corrected chi connectivity index (χ4v) is 3.44. The Balaban J connectivity index is 1.43. The molecule has 0 bridgehead atoms. The van der Waals surface area contributed by atoms with Crippen LogP contribution in [0.3, 0.4) is 0 Å². The molecule has 0 radical (unpaired) electrons. The topological polar surface area (TPSA) is 33.1 Å². The molecule has 0 amide bonds. The third-order valence-corrected chi connectivity index (χ3v) is 5.28. The summed E-state index contributed by atoms with van der Waals surface area (Å²) in [6.07, 6.45) is 3.93. The second-order valence-corrected chi connectivity index (χ2v) is 7.43. The summed E-state index contributed by atoms with van der Waals surface area (Å²) in [5.74, 6) is 0.976. The zero-order chi connectivity index (χ0) is 18.2. The van der Waals surface area contributed by atoms with Crippen LogP contribution in [0.25, 0.3) is 5.69 Å². The maximum absolute atomic E-state index is 5.48. The molecule has 1 N–H and O–H groups in total. The van der Waals surface area contributed by atoms with Crippen molar-refractivity contribution in [3.63, 3.8) is 0 Å². The van der Waals surface area contributed by atoms with Crippen molar-refractivity contribution >= 4 is 29.1 Å². The lowest BCUT2D eigenvalue weighted by Crippen LogP contribution is -2.37. The summed E-state index contributed by atoms with van der Waals surface area (Å²) in [5, 5.41) is 8.51. The van der Waals surface area contributed by atoms with Crippen molar-refractivity contribution in [3.05, 3.63) is 78.6 Å². The largest absolute Gasteiger partial charge is 0.362 e. The molecule has 0 atom stereocenters. The predicted molar refractivity (Wildman–Crippen MR) is 113 cm³/mol. The van der Waals surface area contributed by atoms with Gasteiger partial charge in [-0.05, 0) is 36.5 Å². The van der Waals surface area contributed by atoms with Gasteiger partial charge in [0.2, 0.25) is 0 Å². The van der Waals surface area contributed by atoms with Gasteiger partial charge in [-0.2, -0.15) is 5.10 Å². The highest BCUT2D eigenvalue weighted by molar-refractivity contribution is 7.99. The molecule has 4 nitrogen and oxygen atoms in total. The summed E-state index contributed by atoms with van der Waals surface area (Å²) in [6, 6.07) is 20.5. The zero-order valence-corrected chi connectivity index (χ0v) is 16.3. The van der Waals surface area contributed by atoms with Gasteiger partial charge in [0, 0.05) is 42.5 Å². The van der Waals surface area contributed by atoms with Crippen LogP contribution in [-0.2, 0) is 6.54 Å². The molecule has 0 unspecified atom stereocenters. The van der Waals surface area contributed by atoms with Crippen molar-refractivity contribution in [2.45, 2.75) is 11.4 Å². The SMILES string of the molecule is CN(Cc1cnn(-c2ccccc2)c1)C(=S)NCCSc1ccccc1. The summed E-state index contributed by atoms with van der Waals surface area (Å²) in [5.41, 5.74) is 2.18. The van der Waals surface area contributed by atoms with E-state index >= 15 is 0 Å². The third kappa shape index (κ3) is 5.34. The Kier molecular flexibility index (Phi) is 6.68. The number of thiocarbonyl (C=S) groups is 1. The van der Waals surface area contributed by atoms with Crippen molar-refractivity contribution in [1.29, 1.82) is 0 Å². The summed E-state index contributed by atoms with van der Waals surface area (Å²) >= 11 is 7.31. The maximum atomic E-state index is 5.48. The van der Waals surface area contributed by atoms with Crippen LogP contribution >= 0.6 is 24.0 Å². The Morgan fingerprint density at radius 1 is 1.12 bits per heavy atom. The molecule has 0 aliphatic heterocycles. The quantitative estimate of drug-likeness (QED) is 0.380. The standard InChI is InChI=1S/C20H22N4S2/c1-23(20(25)21-12-13-26-19-10-6-3-7-11-19)15-17-14-22-24(16-17)18-8-4-2-5-9-18/h2-11,14,16H,12-13,15H2,1H3,(H,21,25). The number of hydrogen-bond donors (Lipinski definition) is 1. The number of thioether (sulfide) groups is 1. The fraction of sp³-hybridized carbons (Fsp3) is 0.200. The second-order valence-electron chi connectivity index (χ2n) is 5.88. The van der Waals surface area contributed by atoms with Crippen LogP contribution in [0, 0.1) is 0 Å². The van der Waals surface area contributed by atoms with E-state index in [2.05, 4.69) is 34.7 Å². The molecular formula is C20H22N4S2. The Bertz CT molecular complexity index is 818. The van der Waals surface area contributed by atoms with Gasteiger partial charge >= 0.3 is 0 Å². The van der Waals surface area contributed by atoms with E-state index in [-0.39, 0.29) is 0 Å². The first-order chi connectivity index (χ1) is 12.7. The molecular weight excluding hydrogens is 360 g/mol. The number of para-hydroxylation sites is 1. The number of hydrogen-bond acceptors (Lipinski definition) is 3. The molecule has 0 aliphatic carbocycles. The van der Waals surface area contributed by atoms with Gasteiger partial charge in [-0.1, -0.05) is 36.4 Å². The predicted octanol–water partition coefficient (Wildman–Crippen LogP) is 3.97. The van der Waals surface area contributed by atoms with Gasteiger partial charge in [-0.3, -0.25) is 0 Å². The minimum absolute atomic E-state index is 0.727. The van der Waals surface area contributed by atoms with Gasteiger partial charge in [0.1, 0.15) is 0 Å². The molecule has 0 saturated carbocycles. The molecule has 0 spiro atoms. The molecule has 6 heteroatoms. The van der Waals surface area contributed by atoms with Crippen LogP contribution in [0.2, 0.25) is 0 Å². The van der Waals surface area contributed by atoms with Gasteiger partial charge in [0.05, 0.1) is 11.9 Å². The summed E-state index contributed by atoms with van der Waals surface area (Å²) in [4.78, 5) is 3.32. The second kappa shape index (κ2) is 9.40. The minimum Gasteiger partial charge on any atom is -0.362 e. The molecule has 3 rings (SSSR count). The average Bonchev–Trinajstić information content (AvgIpc) is 3.15. The first kappa shape index (κ1) is 18.5. The van der Waals surface area contributed by atoms with Crippen molar-refractivity contribution in [1.82, 2.24) is 20.0 Å². The lowest BCUT2D eigenvalue weighted by Gasteiger charge is -2.20. The smallest absolute Gasteiger partial charge is 0.169 e. The highest BCUT2D eigenvalue weighted by Gasteiger charge is 2.07. The van der Waals surface area contributed by atoms with Gasteiger partial charge in [0.15, 0.2) is 5.11 Å². The van der Waals surface area contributed by atoms with E-state index in [0.717, 1.165) is 35.2 Å². The van der Waals surface area contributed by atoms with Crippen LogP contribution in [0.1, 0.15) is 5.56 Å². The summed E-state index contributed by atoms with van der Waals surface area (Å²) < 4.78 is 1.89. The van der Waals surface area contributed by atoms with Gasteiger partial charge in [-0.15, -0.1) is 11.8 Å². The molecule has 1 heterocycles. The van der Waals surface area contributed by atoms with E-state index < -0.39 is 0 Å². The molecule has 1 aromatic heterocycles. The monoisotopic (exact) mass is 382 g/mol. The molecule has 2 aromatic carbocycles. The third-order valence-electron chi connectivity index (χ3n) is 3.81. The molecule has 0 saturated heterocycles. The van der Waals surface area contributed by atoms with Crippen molar-refractivity contribution in [2.24, 2.45) is 0 Å². The van der Waals surface area contributed by atoms with Crippen molar-refractivity contribution < 1.29 is 0 Å².